The molecular formula is C12H27N3O2S2. The fourth-order valence-corrected chi connectivity index (χ4v) is 2.32. The van der Waals surface area contributed by atoms with Crippen LogP contribution in [0.5, 0.6) is 0 Å². The van der Waals surface area contributed by atoms with Gasteiger partial charge in [0.05, 0.1) is 12.3 Å². The Balaban J connectivity index is 4.32. The molecule has 114 valence electrons. The Kier molecular flexibility index (Phi) is 9.26. The van der Waals surface area contributed by atoms with Gasteiger partial charge in [-0.05, 0) is 26.5 Å². The molecule has 19 heavy (non-hydrogen) atoms. The van der Waals surface area contributed by atoms with Crippen LogP contribution in [0.2, 0.25) is 0 Å². The number of sulfone groups is 1. The van der Waals surface area contributed by atoms with Gasteiger partial charge in [-0.15, -0.1) is 0 Å². The maximum atomic E-state index is 11.1. The van der Waals surface area contributed by atoms with Crippen molar-refractivity contribution >= 4 is 27.6 Å². The summed E-state index contributed by atoms with van der Waals surface area (Å²) in [5.41, 5.74) is 0. The molecule has 5 nitrogen and oxygen atoms in total. The molecule has 0 bridgehead atoms. The molecule has 0 fully saturated rings. The van der Waals surface area contributed by atoms with E-state index in [1.807, 2.05) is 13.8 Å². The van der Waals surface area contributed by atoms with Crippen LogP contribution in [0, 0.1) is 0 Å². The fraction of sp³-hybridized carbons (Fsp3) is 0.917. The van der Waals surface area contributed by atoms with Gasteiger partial charge >= 0.3 is 0 Å². The largest absolute Gasteiger partial charge is 0.357 e. The summed E-state index contributed by atoms with van der Waals surface area (Å²) in [4.78, 5) is 4.49. The van der Waals surface area contributed by atoms with E-state index in [1.54, 1.807) is 11.8 Å². The highest BCUT2D eigenvalue weighted by Crippen LogP contribution is 2.04. The van der Waals surface area contributed by atoms with E-state index in [-0.39, 0.29) is 11.8 Å². The van der Waals surface area contributed by atoms with Crippen molar-refractivity contribution in [1.29, 1.82) is 0 Å². The minimum Gasteiger partial charge on any atom is -0.357 e. The van der Waals surface area contributed by atoms with Gasteiger partial charge in [0.15, 0.2) is 5.96 Å². The van der Waals surface area contributed by atoms with Crippen molar-refractivity contribution in [1.82, 2.24) is 10.6 Å². The first-order valence-electron chi connectivity index (χ1n) is 6.53. The number of guanidine groups is 1. The van der Waals surface area contributed by atoms with Crippen LogP contribution < -0.4 is 10.6 Å². The van der Waals surface area contributed by atoms with Crippen LogP contribution in [-0.2, 0) is 9.84 Å². The summed E-state index contributed by atoms with van der Waals surface area (Å²) in [7, 11) is -2.90. The number of aliphatic imine (C=N–C) groups is 1. The Morgan fingerprint density at radius 3 is 2.47 bits per heavy atom. The summed E-state index contributed by atoms with van der Waals surface area (Å²) < 4.78 is 22.2. The van der Waals surface area contributed by atoms with Crippen LogP contribution >= 0.6 is 11.8 Å². The normalized spacial score (nSPS) is 15.9. The molecule has 7 heteroatoms. The topological polar surface area (TPSA) is 70.6 Å². The Bertz CT molecular complexity index is 369. The average Bonchev–Trinajstić information content (AvgIpc) is 2.32. The van der Waals surface area contributed by atoms with Crippen molar-refractivity contribution in [3.8, 4) is 0 Å². The molecular weight excluding hydrogens is 282 g/mol. The highest BCUT2D eigenvalue weighted by molar-refractivity contribution is 7.99. The van der Waals surface area contributed by atoms with Gasteiger partial charge < -0.3 is 10.6 Å². The smallest absolute Gasteiger partial charge is 0.191 e. The number of nitrogens with one attached hydrogen (secondary N) is 2. The number of rotatable bonds is 8. The van der Waals surface area contributed by atoms with E-state index in [2.05, 4.69) is 28.8 Å². The summed E-state index contributed by atoms with van der Waals surface area (Å²) in [5, 5.41) is 6.88. The predicted octanol–water partition coefficient (Wildman–Crippen LogP) is 1.12. The maximum Gasteiger partial charge on any atom is 0.191 e. The van der Waals surface area contributed by atoms with Crippen molar-refractivity contribution in [3.63, 3.8) is 0 Å². The lowest BCUT2D eigenvalue weighted by Crippen LogP contribution is -2.43. The molecule has 2 atom stereocenters. The van der Waals surface area contributed by atoms with E-state index in [1.165, 1.54) is 6.26 Å². The second kappa shape index (κ2) is 9.47. The van der Waals surface area contributed by atoms with E-state index >= 15 is 0 Å². The Hall–Kier alpha value is -0.430. The molecule has 2 unspecified atom stereocenters. The van der Waals surface area contributed by atoms with Crippen LogP contribution in [0.25, 0.3) is 0 Å². The van der Waals surface area contributed by atoms with Crippen molar-refractivity contribution in [3.05, 3.63) is 0 Å². The third-order valence-corrected chi connectivity index (χ3v) is 4.49. The quantitative estimate of drug-likeness (QED) is 0.519. The van der Waals surface area contributed by atoms with Crippen molar-refractivity contribution in [2.75, 3.05) is 31.4 Å². The van der Waals surface area contributed by atoms with Crippen LogP contribution in [-0.4, -0.2) is 57.0 Å². The minimum atomic E-state index is -2.90. The average molecular weight is 310 g/mol. The molecule has 0 amide bonds. The molecule has 0 saturated carbocycles. The van der Waals surface area contributed by atoms with Crippen LogP contribution in [0.1, 0.15) is 27.2 Å². The molecule has 0 heterocycles. The first kappa shape index (κ1) is 18.6. The van der Waals surface area contributed by atoms with Crippen LogP contribution in [0.15, 0.2) is 4.99 Å². The highest BCUT2D eigenvalue weighted by atomic mass is 32.2. The molecule has 0 aromatic carbocycles. The van der Waals surface area contributed by atoms with Gasteiger partial charge in [-0.25, -0.2) is 8.42 Å². The molecule has 0 aromatic rings. The van der Waals surface area contributed by atoms with Crippen LogP contribution in [0.3, 0.4) is 0 Å². The second-order valence-corrected chi connectivity index (χ2v) is 8.27. The molecule has 2 N–H and O–H groups in total. The van der Waals surface area contributed by atoms with Gasteiger partial charge in [0.1, 0.15) is 9.84 Å². The fourth-order valence-electron chi connectivity index (χ4n) is 1.31. The lowest BCUT2D eigenvalue weighted by Gasteiger charge is -2.18. The second-order valence-electron chi connectivity index (χ2n) is 4.73. The molecule has 0 aliphatic carbocycles. The van der Waals surface area contributed by atoms with Gasteiger partial charge in [-0.2, -0.15) is 11.8 Å². The van der Waals surface area contributed by atoms with Gasteiger partial charge in [-0.3, -0.25) is 4.99 Å². The van der Waals surface area contributed by atoms with E-state index in [0.717, 1.165) is 19.0 Å². The van der Waals surface area contributed by atoms with Gasteiger partial charge in [0.25, 0.3) is 0 Å². The predicted molar refractivity (Wildman–Crippen MR) is 85.9 cm³/mol. The highest BCUT2D eigenvalue weighted by Gasteiger charge is 2.09. The number of thioether (sulfide) groups is 1. The van der Waals surface area contributed by atoms with E-state index in [0.29, 0.717) is 11.7 Å². The summed E-state index contributed by atoms with van der Waals surface area (Å²) in [6, 6.07) is 0.0807. The molecule has 0 rings (SSSR count). The number of hydrogen-bond acceptors (Lipinski definition) is 4. The lowest BCUT2D eigenvalue weighted by atomic mass is 10.3. The van der Waals surface area contributed by atoms with Crippen molar-refractivity contribution < 1.29 is 8.42 Å². The molecule has 0 aromatic heterocycles. The Morgan fingerprint density at radius 1 is 1.37 bits per heavy atom. The van der Waals surface area contributed by atoms with Gasteiger partial charge in [0.2, 0.25) is 0 Å². The Morgan fingerprint density at radius 2 is 2.00 bits per heavy atom. The SMILES string of the molecule is CCNC(=NCC(C)SC)NC(C)CCS(C)(=O)=O. The molecule has 0 radical (unpaired) electrons. The standard InChI is InChI=1S/C12H27N3O2S2/c1-6-13-12(14-9-11(3)18-4)15-10(2)7-8-19(5,16)17/h10-11H,6-9H2,1-5H3,(H2,13,14,15). The molecule has 0 aliphatic rings. The molecule has 0 aliphatic heterocycles. The third-order valence-electron chi connectivity index (χ3n) is 2.56. The summed E-state index contributed by atoms with van der Waals surface area (Å²) in [6.07, 6.45) is 3.91. The zero-order valence-corrected chi connectivity index (χ0v) is 14.2. The van der Waals surface area contributed by atoms with Crippen LogP contribution in [0.4, 0.5) is 0 Å². The third kappa shape index (κ3) is 11.1. The first-order valence-corrected chi connectivity index (χ1v) is 9.88. The van der Waals surface area contributed by atoms with Gasteiger partial charge in [0, 0.05) is 24.1 Å². The number of hydrogen-bond donors (Lipinski definition) is 2. The summed E-state index contributed by atoms with van der Waals surface area (Å²) in [6.45, 7) is 7.64. The van der Waals surface area contributed by atoms with Crippen molar-refractivity contribution in [2.45, 2.75) is 38.5 Å². The maximum absolute atomic E-state index is 11.1. The van der Waals surface area contributed by atoms with E-state index < -0.39 is 9.84 Å². The first-order chi connectivity index (χ1) is 8.78. The molecule has 0 spiro atoms. The summed E-state index contributed by atoms with van der Waals surface area (Å²) in [5.74, 6) is 0.950. The van der Waals surface area contributed by atoms with E-state index in [9.17, 15) is 8.42 Å². The zero-order chi connectivity index (χ0) is 14.9. The molecule has 0 saturated heterocycles. The minimum absolute atomic E-state index is 0.0807. The zero-order valence-electron chi connectivity index (χ0n) is 12.6. The number of nitrogens with zero attached hydrogens (tertiary/aromatic N) is 1. The van der Waals surface area contributed by atoms with Gasteiger partial charge in [-0.1, -0.05) is 6.92 Å². The monoisotopic (exact) mass is 309 g/mol. The summed E-state index contributed by atoms with van der Waals surface area (Å²) >= 11 is 1.78. The van der Waals surface area contributed by atoms with Crippen molar-refractivity contribution in [2.24, 2.45) is 4.99 Å². The van der Waals surface area contributed by atoms with E-state index in [4.69, 9.17) is 0 Å². The lowest BCUT2D eigenvalue weighted by molar-refractivity contribution is 0.581. The Labute approximate surface area is 121 Å².